The van der Waals surface area contributed by atoms with Gasteiger partial charge in [-0.15, -0.1) is 0 Å². The van der Waals surface area contributed by atoms with Crippen molar-refractivity contribution < 1.29 is 171 Å². The molecule has 0 amide bonds. The van der Waals surface area contributed by atoms with Crippen LogP contribution in [-0.2, 0) is 68.1 Å². The minimum atomic E-state index is -2.79. The number of halogens is 22. The highest BCUT2D eigenvalue weighted by Crippen LogP contribution is 2.44. The SMILES string of the molecule is COC(=O)Oc1cccc(Br)c1COc1cc(Cl)c(C)cc1C(F)F.COC(=O)Oc1cccc(C)c1COc1cc(Cl)c(C)cc1C(F)F.COC(=O)Oc1cccc(Cl)c1COc1cc(Cl)c(C)cc1C(F)F.COC(=O)Oc1cccc(F)c1COc1cc(Cl)c(C)cc1C(F)F.COC(=O)Oc1cccc(I)c1COc1cc(Cl)c(C)cc1C(F)F.COC(=O)Oc1ccccc1COc1cc(Cl)c(C)cc1C(F)F. The normalized spacial score (nSPS) is 10.7. The zero-order chi connectivity index (χ0) is 110. The highest BCUT2D eigenvalue weighted by atomic mass is 127. The molecular formula is C103H88BrCl7F13IO24. The number of hydrogen-bond donors (Lipinski definition) is 0. The third-order valence-corrected chi connectivity index (χ3v) is 24.8. The van der Waals surface area contributed by atoms with Crippen LogP contribution in [0, 0.1) is 57.9 Å². The molecule has 798 valence electrons. The van der Waals surface area contributed by atoms with Crippen LogP contribution >= 0.6 is 120 Å². The number of carbonyl (C=O) groups is 6. The summed E-state index contributed by atoms with van der Waals surface area (Å²) in [5, 5.41) is 2.08. The number of rotatable bonds is 30. The first-order valence-corrected chi connectivity index (χ1v) is 47.2. The third kappa shape index (κ3) is 37.2. The summed E-state index contributed by atoms with van der Waals surface area (Å²) in [6.07, 6.45) is -21.9. The number of methoxy groups -OCH3 is 6. The number of para-hydroxylation sites is 1. The number of alkyl halides is 12. The first kappa shape index (κ1) is 123. The Morgan fingerprint density at radius 1 is 0.255 bits per heavy atom. The number of benzene rings is 12. The number of hydrogen-bond acceptors (Lipinski definition) is 24. The topological polar surface area (TPSA) is 269 Å². The molecule has 0 unspecified atom stereocenters. The van der Waals surface area contributed by atoms with Gasteiger partial charge in [-0.1, -0.05) is 152 Å². The van der Waals surface area contributed by atoms with Gasteiger partial charge in [0.2, 0.25) is 0 Å². The standard InChI is InChI=1S/C18H17ClF2O4.C17H14BrClF2O4.C17H14Cl2F2O4.C17H14ClF3O4.C17H14ClF2IO4.C17H15ClF2O4/c1-10-5-4-6-15(25-18(22)23-3)13(10)9-24-16-8-14(19)11(2)7-12(16)17(20)21;2*1-9-6-10(16(20)21)15(7-13(9)19)24-8-11-12(18)4-3-5-14(11)25-17(22)23-2;1-9-6-10(16(20)21)15(7-12(9)18)24-8-11-13(19)4-3-5-14(11)25-17(22)23-2;1-9-6-10(16(19)20)15(7-12(9)18)24-8-11-13(21)4-3-5-14(11)25-17(22)23-2;1-10-7-12(16(19)20)15(8-13(10)18)23-9-11-5-3-4-6-14(11)24-17(21)22-2/h4-8,17H,9H2,1-3H3;4*3-7,16H,8H2,1-2H3;3-8,16H,9H2,1-2H3. The van der Waals surface area contributed by atoms with Gasteiger partial charge in [0.1, 0.15) is 114 Å². The summed E-state index contributed by atoms with van der Waals surface area (Å²) in [6, 6.07) is 45.5. The second kappa shape index (κ2) is 60.3. The molecule has 0 fully saturated rings. The number of ether oxygens (including phenoxy) is 18. The average Bonchev–Trinajstić information content (AvgIpc) is 0.825. The van der Waals surface area contributed by atoms with Crippen LogP contribution in [0.5, 0.6) is 69.0 Å². The van der Waals surface area contributed by atoms with Crippen LogP contribution in [0.3, 0.4) is 0 Å². The molecule has 12 aromatic carbocycles. The molecule has 46 heteroatoms. The molecular weight excluding hydrogens is 2320 g/mol. The van der Waals surface area contributed by atoms with E-state index in [1.54, 1.807) is 133 Å². The summed E-state index contributed by atoms with van der Waals surface area (Å²) in [5.41, 5.74) is 4.47. The second-order valence-corrected chi connectivity index (χ2v) is 35.1. The van der Waals surface area contributed by atoms with Gasteiger partial charge in [-0.25, -0.2) is 85.8 Å². The Labute approximate surface area is 902 Å². The molecule has 0 aliphatic heterocycles. The summed E-state index contributed by atoms with van der Waals surface area (Å²) < 4.78 is 263. The summed E-state index contributed by atoms with van der Waals surface area (Å²) in [6.45, 7) is 10.5. The van der Waals surface area contributed by atoms with E-state index in [2.05, 4.69) is 44.4 Å². The minimum absolute atomic E-state index is 0.0159. The Balaban J connectivity index is 0.000000242. The smallest absolute Gasteiger partial charge is 0.488 e. The summed E-state index contributed by atoms with van der Waals surface area (Å²) >= 11 is 47.4. The Bertz CT molecular complexity index is 5900. The van der Waals surface area contributed by atoms with Gasteiger partial charge in [0.15, 0.2) is 0 Å². The maximum atomic E-state index is 14.0. The maximum absolute atomic E-state index is 14.0. The zero-order valence-electron chi connectivity index (χ0n) is 80.2. The minimum Gasteiger partial charge on any atom is -0.488 e. The summed E-state index contributed by atoms with van der Waals surface area (Å²) in [4.78, 5) is 67.8. The fourth-order valence-electron chi connectivity index (χ4n) is 12.4. The lowest BCUT2D eigenvalue weighted by Gasteiger charge is -2.16. The van der Waals surface area contributed by atoms with Crippen molar-refractivity contribution in [3.05, 3.63) is 343 Å². The van der Waals surface area contributed by atoms with Crippen molar-refractivity contribution in [2.45, 2.75) is 127 Å². The fourth-order valence-corrected chi connectivity index (χ4v) is 14.6. The monoisotopic (exact) mass is 2410 g/mol. The van der Waals surface area contributed by atoms with Gasteiger partial charge < -0.3 is 85.3 Å². The molecule has 24 nitrogen and oxygen atoms in total. The van der Waals surface area contributed by atoms with Crippen LogP contribution in [-0.4, -0.2) is 79.6 Å². The molecule has 12 aromatic rings. The van der Waals surface area contributed by atoms with Gasteiger partial charge in [-0.05, 0) is 243 Å². The molecule has 0 atom stereocenters. The quantitative estimate of drug-likeness (QED) is 0.0133. The molecule has 0 aliphatic carbocycles. The highest BCUT2D eigenvalue weighted by Gasteiger charge is 2.28. The van der Waals surface area contributed by atoms with Crippen LogP contribution in [0.4, 0.5) is 85.8 Å². The van der Waals surface area contributed by atoms with Gasteiger partial charge >= 0.3 is 36.9 Å². The average molecular weight is 2410 g/mol. The predicted octanol–water partition coefficient (Wildman–Crippen LogP) is 34.3. The molecule has 0 aromatic heterocycles. The van der Waals surface area contributed by atoms with E-state index in [0.29, 0.717) is 90.8 Å². The molecule has 0 saturated carbocycles. The molecule has 0 heterocycles. The van der Waals surface area contributed by atoms with E-state index < -0.39 is 87.9 Å². The maximum Gasteiger partial charge on any atom is 0.513 e. The summed E-state index contributed by atoms with van der Waals surface area (Å²) in [7, 11) is 7.00. The Kier molecular flexibility index (Phi) is 49.9. The Morgan fingerprint density at radius 2 is 0.490 bits per heavy atom. The molecule has 0 saturated heterocycles. The van der Waals surface area contributed by atoms with E-state index in [4.69, 9.17) is 138 Å². The van der Waals surface area contributed by atoms with Gasteiger partial charge in [0, 0.05) is 60.4 Å². The highest BCUT2D eigenvalue weighted by molar-refractivity contribution is 14.1. The lowest BCUT2D eigenvalue weighted by molar-refractivity contribution is 0.119. The van der Waals surface area contributed by atoms with E-state index in [-0.39, 0.29) is 151 Å². The van der Waals surface area contributed by atoms with Crippen molar-refractivity contribution in [2.24, 2.45) is 0 Å². The van der Waals surface area contributed by atoms with Gasteiger partial charge in [0.05, 0.1) is 92.2 Å². The predicted molar refractivity (Wildman–Crippen MR) is 540 cm³/mol. The van der Waals surface area contributed by atoms with Crippen LogP contribution in [0.2, 0.25) is 35.2 Å². The lowest BCUT2D eigenvalue weighted by Crippen LogP contribution is -2.11. The van der Waals surface area contributed by atoms with E-state index in [9.17, 15) is 85.8 Å². The van der Waals surface area contributed by atoms with E-state index in [1.807, 2.05) is 22.6 Å². The lowest BCUT2D eigenvalue weighted by atomic mass is 10.1. The van der Waals surface area contributed by atoms with Crippen LogP contribution in [0.1, 0.15) is 144 Å². The fraction of sp³-hybridized carbons (Fsp3) is 0.243. The van der Waals surface area contributed by atoms with Crippen molar-refractivity contribution in [3.63, 3.8) is 0 Å². The van der Waals surface area contributed by atoms with Crippen LogP contribution in [0.25, 0.3) is 0 Å². The largest absolute Gasteiger partial charge is 0.513 e. The van der Waals surface area contributed by atoms with Crippen LogP contribution in [0.15, 0.2) is 193 Å². The second-order valence-electron chi connectivity index (χ2n) is 30.2. The van der Waals surface area contributed by atoms with E-state index in [1.165, 1.54) is 126 Å². The third-order valence-electron chi connectivity index (χ3n) is 20.2. The number of aryl methyl sites for hydroxylation is 7. The van der Waals surface area contributed by atoms with Gasteiger partial charge in [-0.2, -0.15) is 0 Å². The molecule has 149 heavy (non-hydrogen) atoms. The van der Waals surface area contributed by atoms with Gasteiger partial charge in [-0.3, -0.25) is 0 Å². The van der Waals surface area contributed by atoms with Crippen molar-refractivity contribution in [2.75, 3.05) is 42.7 Å². The van der Waals surface area contributed by atoms with E-state index >= 15 is 0 Å². The molecule has 0 N–H and O–H groups in total. The molecule has 0 spiro atoms. The first-order valence-electron chi connectivity index (χ1n) is 42.6. The van der Waals surface area contributed by atoms with E-state index in [0.717, 1.165) is 29.4 Å². The molecule has 0 radical (unpaired) electrons. The van der Waals surface area contributed by atoms with Crippen molar-refractivity contribution in [1.29, 1.82) is 0 Å². The first-order chi connectivity index (χ1) is 70.6. The Hall–Kier alpha value is -12.6. The van der Waals surface area contributed by atoms with Crippen molar-refractivity contribution >= 4 is 157 Å². The summed E-state index contributed by atoms with van der Waals surface area (Å²) in [5.74, 6) is -0.213. The zero-order valence-corrected chi connectivity index (χ0v) is 89.3. The van der Waals surface area contributed by atoms with Gasteiger partial charge in [0.25, 0.3) is 38.6 Å². The molecule has 12 rings (SSSR count). The Morgan fingerprint density at radius 3 is 0.819 bits per heavy atom. The van der Waals surface area contributed by atoms with Crippen LogP contribution < -0.4 is 56.8 Å². The van der Waals surface area contributed by atoms with Crippen molar-refractivity contribution in [3.8, 4) is 69.0 Å². The molecule has 0 bridgehead atoms. The number of carbonyl (C=O) groups excluding carboxylic acids is 6. The molecule has 0 aliphatic rings. The van der Waals surface area contributed by atoms with Crippen molar-refractivity contribution in [1.82, 2.24) is 0 Å².